The molecule has 1 heterocycles. The normalized spacial score (nSPS) is 27.1. The molecule has 1 rings (SSSR count). The first-order valence-electron chi connectivity index (χ1n) is 3.53. The maximum Gasteiger partial charge on any atom is 0.0158 e. The molecule has 0 aromatic heterocycles. The smallest absolute Gasteiger partial charge is 0.0158 e. The fraction of sp³-hybridized carbons (Fsp3) is 0.857. The second-order valence-corrected chi connectivity index (χ2v) is 5.54. The molecule has 0 aromatic carbocycles. The molecule has 1 nitrogen and oxygen atoms in total. The molecule has 54 valence electrons. The van der Waals surface area contributed by atoms with Crippen LogP contribution < -0.4 is 0 Å². The van der Waals surface area contributed by atoms with Gasteiger partial charge in [-0.2, -0.15) is 0 Å². The van der Waals surface area contributed by atoms with Crippen LogP contribution in [0.25, 0.3) is 0 Å². The second-order valence-electron chi connectivity index (χ2n) is 2.79. The Balaban J connectivity index is 2.56. The van der Waals surface area contributed by atoms with Crippen LogP contribution in [0.1, 0.15) is 25.7 Å². The summed E-state index contributed by atoms with van der Waals surface area (Å²) >= 11 is 0. The lowest BCUT2D eigenvalue weighted by Gasteiger charge is -2.00. The fourth-order valence-electron chi connectivity index (χ4n) is 1.19. The van der Waals surface area contributed by atoms with Gasteiger partial charge in [0.1, 0.15) is 0 Å². The van der Waals surface area contributed by atoms with Crippen molar-refractivity contribution in [1.29, 1.82) is 0 Å². The van der Waals surface area contributed by atoms with Gasteiger partial charge in [0, 0.05) is 11.5 Å². The van der Waals surface area contributed by atoms with Crippen LogP contribution in [-0.2, 0) is 9.52 Å². The SMILES string of the molecule is C=S1(=O)CCCCCC1. The van der Waals surface area contributed by atoms with Crippen LogP contribution in [0.5, 0.6) is 0 Å². The van der Waals surface area contributed by atoms with Crippen LogP contribution in [0.15, 0.2) is 0 Å². The van der Waals surface area contributed by atoms with Crippen molar-refractivity contribution in [3.63, 3.8) is 0 Å². The maximum atomic E-state index is 11.3. The molecule has 0 N–H and O–H groups in total. The second kappa shape index (κ2) is 2.74. The summed E-state index contributed by atoms with van der Waals surface area (Å²) in [5.74, 6) is 5.45. The third-order valence-corrected chi connectivity index (χ3v) is 3.85. The maximum absolute atomic E-state index is 11.3. The number of hydrogen-bond donors (Lipinski definition) is 0. The predicted octanol–water partition coefficient (Wildman–Crippen LogP) is 1.28. The molecule has 2 heteroatoms. The Morgan fingerprint density at radius 1 is 1.00 bits per heavy atom. The lowest BCUT2D eigenvalue weighted by atomic mass is 10.2. The minimum atomic E-state index is -1.62. The highest BCUT2D eigenvalue weighted by molar-refractivity contribution is 8.00. The molecule has 0 unspecified atom stereocenters. The van der Waals surface area contributed by atoms with Gasteiger partial charge in [0.05, 0.1) is 0 Å². The van der Waals surface area contributed by atoms with E-state index >= 15 is 0 Å². The highest BCUT2D eigenvalue weighted by Gasteiger charge is 2.07. The summed E-state index contributed by atoms with van der Waals surface area (Å²) < 4.78 is 11.3. The van der Waals surface area contributed by atoms with Crippen LogP contribution in [0.2, 0.25) is 0 Å². The number of rotatable bonds is 0. The lowest BCUT2D eigenvalue weighted by molar-refractivity contribution is 0.680. The zero-order chi connectivity index (χ0) is 6.74. The first kappa shape index (κ1) is 7.13. The van der Waals surface area contributed by atoms with Crippen LogP contribution in [0.3, 0.4) is 0 Å². The van der Waals surface area contributed by atoms with Gasteiger partial charge < -0.3 is 0 Å². The first-order chi connectivity index (χ1) is 4.21. The molecule has 0 aliphatic carbocycles. The predicted molar refractivity (Wildman–Crippen MR) is 43.5 cm³/mol. The molecule has 0 saturated carbocycles. The van der Waals surface area contributed by atoms with Crippen LogP contribution in [0, 0.1) is 0 Å². The highest BCUT2D eigenvalue weighted by atomic mass is 32.2. The lowest BCUT2D eigenvalue weighted by Crippen LogP contribution is -2.07. The zero-order valence-electron chi connectivity index (χ0n) is 5.77. The Morgan fingerprint density at radius 3 is 1.89 bits per heavy atom. The molecule has 1 saturated heterocycles. The van der Waals surface area contributed by atoms with Gasteiger partial charge in [-0.3, -0.25) is 4.21 Å². The standard InChI is InChI=1S/C7H14OS/c1-9(8)6-4-2-3-5-7-9/h1-7H2. The van der Waals surface area contributed by atoms with Gasteiger partial charge in [-0.05, 0) is 28.2 Å². The van der Waals surface area contributed by atoms with Crippen molar-refractivity contribution < 1.29 is 4.21 Å². The van der Waals surface area contributed by atoms with Crippen LogP contribution in [0.4, 0.5) is 0 Å². The van der Waals surface area contributed by atoms with E-state index < -0.39 is 9.52 Å². The minimum absolute atomic E-state index is 0.868. The van der Waals surface area contributed by atoms with E-state index in [9.17, 15) is 4.21 Å². The Kier molecular flexibility index (Phi) is 2.17. The fourth-order valence-corrected chi connectivity index (χ4v) is 2.85. The summed E-state index contributed by atoms with van der Waals surface area (Å²) in [6.07, 6.45) is 4.77. The van der Waals surface area contributed by atoms with Gasteiger partial charge in [-0.1, -0.05) is 12.8 Å². The molecular weight excluding hydrogens is 132 g/mol. The molecule has 1 fully saturated rings. The summed E-state index contributed by atoms with van der Waals surface area (Å²) in [7, 11) is -1.62. The molecule has 0 amide bonds. The van der Waals surface area contributed by atoms with Gasteiger partial charge in [0.2, 0.25) is 0 Å². The molecule has 1 aliphatic heterocycles. The Hall–Kier alpha value is 0.0200. The quantitative estimate of drug-likeness (QED) is 0.470. The van der Waals surface area contributed by atoms with E-state index in [0.717, 1.165) is 24.3 Å². The molecule has 9 heavy (non-hydrogen) atoms. The monoisotopic (exact) mass is 146 g/mol. The van der Waals surface area contributed by atoms with Crippen molar-refractivity contribution in [3.05, 3.63) is 0 Å². The molecule has 0 aromatic rings. The van der Waals surface area contributed by atoms with E-state index in [1.165, 1.54) is 12.8 Å². The number of hydrogen-bond acceptors (Lipinski definition) is 1. The molecule has 0 bridgehead atoms. The van der Waals surface area contributed by atoms with E-state index in [4.69, 9.17) is 0 Å². The van der Waals surface area contributed by atoms with E-state index in [0.29, 0.717) is 0 Å². The molecule has 0 atom stereocenters. The van der Waals surface area contributed by atoms with Gasteiger partial charge in [-0.25, -0.2) is 0 Å². The van der Waals surface area contributed by atoms with Crippen molar-refractivity contribution in [1.82, 2.24) is 0 Å². The molecule has 1 aliphatic rings. The van der Waals surface area contributed by atoms with Crippen molar-refractivity contribution in [3.8, 4) is 0 Å². The summed E-state index contributed by atoms with van der Waals surface area (Å²) in [5.41, 5.74) is 0. The molecule has 0 radical (unpaired) electrons. The largest absolute Gasteiger partial charge is 0.268 e. The van der Waals surface area contributed by atoms with Gasteiger partial charge in [0.25, 0.3) is 0 Å². The minimum Gasteiger partial charge on any atom is -0.268 e. The summed E-state index contributed by atoms with van der Waals surface area (Å²) in [5, 5.41) is 0. The molecule has 0 spiro atoms. The summed E-state index contributed by atoms with van der Waals surface area (Å²) in [4.78, 5) is 0. The van der Waals surface area contributed by atoms with Gasteiger partial charge in [0.15, 0.2) is 0 Å². The van der Waals surface area contributed by atoms with E-state index in [-0.39, 0.29) is 0 Å². The zero-order valence-corrected chi connectivity index (χ0v) is 6.58. The third-order valence-electron chi connectivity index (χ3n) is 1.78. The van der Waals surface area contributed by atoms with Crippen molar-refractivity contribution in [2.75, 3.05) is 11.5 Å². The Morgan fingerprint density at radius 2 is 1.44 bits per heavy atom. The van der Waals surface area contributed by atoms with Gasteiger partial charge in [-0.15, -0.1) is 0 Å². The summed E-state index contributed by atoms with van der Waals surface area (Å²) in [6.45, 7) is 0. The van der Waals surface area contributed by atoms with Gasteiger partial charge >= 0.3 is 0 Å². The average Bonchev–Trinajstić information content (AvgIpc) is 1.92. The third kappa shape index (κ3) is 2.39. The van der Waals surface area contributed by atoms with Crippen molar-refractivity contribution in [2.24, 2.45) is 0 Å². The Labute approximate surface area is 57.5 Å². The van der Waals surface area contributed by atoms with Crippen molar-refractivity contribution in [2.45, 2.75) is 25.7 Å². The average molecular weight is 146 g/mol. The van der Waals surface area contributed by atoms with Crippen LogP contribution >= 0.6 is 0 Å². The summed E-state index contributed by atoms with van der Waals surface area (Å²) in [6, 6.07) is 0. The highest BCUT2D eigenvalue weighted by Crippen LogP contribution is 2.10. The van der Waals surface area contributed by atoms with Crippen LogP contribution in [-0.4, -0.2) is 21.6 Å². The van der Waals surface area contributed by atoms with E-state index in [1.807, 2.05) is 0 Å². The van der Waals surface area contributed by atoms with E-state index in [2.05, 4.69) is 5.87 Å². The molecular formula is C7H14OS. The Bertz CT molecular complexity index is 153. The topological polar surface area (TPSA) is 17.1 Å². The van der Waals surface area contributed by atoms with E-state index in [1.54, 1.807) is 0 Å². The van der Waals surface area contributed by atoms with Crippen molar-refractivity contribution >= 4 is 15.4 Å². The first-order valence-corrected chi connectivity index (χ1v) is 5.60.